The number of carbonyl (C=O) groups excluding carboxylic acids is 1. The quantitative estimate of drug-likeness (QED) is 0.776. The molecule has 26 heavy (non-hydrogen) atoms. The lowest BCUT2D eigenvalue weighted by Crippen LogP contribution is -2.37. The van der Waals surface area contributed by atoms with Gasteiger partial charge in [0.2, 0.25) is 15.9 Å². The standard InChI is InChI=1S/C19H24N2O4S/c1-13-7-5-6-8-16(13)11-20-19(22)12-21-26(23,24)18-10-14(2)17(25-4)9-15(18)3/h5-10,21H,11-12H2,1-4H3,(H,20,22). The van der Waals surface area contributed by atoms with Gasteiger partial charge in [0.05, 0.1) is 18.6 Å². The van der Waals surface area contributed by atoms with Crippen LogP contribution in [-0.4, -0.2) is 28.0 Å². The number of aryl methyl sites for hydroxylation is 3. The van der Waals surface area contributed by atoms with Crippen LogP contribution < -0.4 is 14.8 Å². The first-order valence-corrected chi connectivity index (χ1v) is 9.69. The SMILES string of the molecule is COc1cc(C)c(S(=O)(=O)NCC(=O)NCc2ccccc2C)cc1C. The van der Waals surface area contributed by atoms with Gasteiger partial charge in [0.25, 0.3) is 0 Å². The van der Waals surface area contributed by atoms with E-state index in [1.807, 2.05) is 31.2 Å². The molecule has 7 heteroatoms. The Balaban J connectivity index is 2.00. The normalized spacial score (nSPS) is 11.2. The zero-order valence-corrected chi connectivity index (χ0v) is 16.2. The van der Waals surface area contributed by atoms with E-state index in [1.54, 1.807) is 26.0 Å². The first-order valence-electron chi connectivity index (χ1n) is 8.20. The first-order chi connectivity index (χ1) is 12.2. The molecule has 0 spiro atoms. The summed E-state index contributed by atoms with van der Waals surface area (Å²) in [5.41, 5.74) is 3.32. The number of amides is 1. The maximum atomic E-state index is 12.5. The second-order valence-corrected chi connectivity index (χ2v) is 7.85. The molecule has 0 bridgehead atoms. The summed E-state index contributed by atoms with van der Waals surface area (Å²) in [6.45, 7) is 5.45. The van der Waals surface area contributed by atoms with Gasteiger partial charge in [-0.15, -0.1) is 0 Å². The maximum Gasteiger partial charge on any atom is 0.241 e. The van der Waals surface area contributed by atoms with E-state index in [0.717, 1.165) is 11.1 Å². The van der Waals surface area contributed by atoms with Gasteiger partial charge >= 0.3 is 0 Å². The molecule has 140 valence electrons. The zero-order valence-electron chi connectivity index (χ0n) is 15.4. The molecule has 0 aromatic heterocycles. The number of benzene rings is 2. The second kappa shape index (κ2) is 8.33. The van der Waals surface area contributed by atoms with E-state index in [4.69, 9.17) is 4.74 Å². The third-order valence-corrected chi connectivity index (χ3v) is 5.69. The Morgan fingerprint density at radius 2 is 1.73 bits per heavy atom. The molecule has 0 heterocycles. The molecule has 6 nitrogen and oxygen atoms in total. The Kier molecular flexibility index (Phi) is 6.39. The van der Waals surface area contributed by atoms with Gasteiger partial charge in [0.15, 0.2) is 0 Å². The maximum absolute atomic E-state index is 12.5. The second-order valence-electron chi connectivity index (χ2n) is 6.12. The van der Waals surface area contributed by atoms with Crippen molar-refractivity contribution in [3.63, 3.8) is 0 Å². The van der Waals surface area contributed by atoms with Crippen molar-refractivity contribution in [2.24, 2.45) is 0 Å². The fourth-order valence-electron chi connectivity index (χ4n) is 2.58. The highest BCUT2D eigenvalue weighted by Crippen LogP contribution is 2.25. The Morgan fingerprint density at radius 1 is 1.04 bits per heavy atom. The molecular weight excluding hydrogens is 352 g/mol. The molecule has 0 atom stereocenters. The fraction of sp³-hybridized carbons (Fsp3) is 0.316. The smallest absolute Gasteiger partial charge is 0.241 e. The summed E-state index contributed by atoms with van der Waals surface area (Å²) < 4.78 is 32.6. The minimum atomic E-state index is -3.79. The molecule has 2 rings (SSSR count). The number of nitrogens with one attached hydrogen (secondary N) is 2. The number of methoxy groups -OCH3 is 1. The Hall–Kier alpha value is -2.38. The molecule has 2 aromatic rings. The molecule has 2 aromatic carbocycles. The summed E-state index contributed by atoms with van der Waals surface area (Å²) in [6, 6.07) is 10.9. The molecule has 0 aliphatic carbocycles. The number of sulfonamides is 1. The summed E-state index contributed by atoms with van der Waals surface area (Å²) in [5.74, 6) is 0.233. The lowest BCUT2D eigenvalue weighted by Gasteiger charge is -2.13. The predicted molar refractivity (Wildman–Crippen MR) is 101 cm³/mol. The van der Waals surface area contributed by atoms with E-state index < -0.39 is 10.0 Å². The van der Waals surface area contributed by atoms with Crippen molar-refractivity contribution in [2.45, 2.75) is 32.2 Å². The number of carbonyl (C=O) groups is 1. The summed E-state index contributed by atoms with van der Waals surface area (Å²) in [4.78, 5) is 12.1. The fourth-order valence-corrected chi connectivity index (χ4v) is 3.87. The van der Waals surface area contributed by atoms with Crippen LogP contribution in [0, 0.1) is 20.8 Å². The lowest BCUT2D eigenvalue weighted by molar-refractivity contribution is -0.120. The predicted octanol–water partition coefficient (Wildman–Crippen LogP) is 2.22. The highest BCUT2D eigenvalue weighted by Gasteiger charge is 2.19. The molecule has 2 N–H and O–H groups in total. The van der Waals surface area contributed by atoms with E-state index in [-0.39, 0.29) is 17.3 Å². The van der Waals surface area contributed by atoms with Gasteiger partial charge in [-0.05, 0) is 55.2 Å². The van der Waals surface area contributed by atoms with Crippen LogP contribution in [0.15, 0.2) is 41.3 Å². The molecule has 0 saturated heterocycles. The van der Waals surface area contributed by atoms with Crippen molar-refractivity contribution < 1.29 is 17.9 Å². The minimum absolute atomic E-state index is 0.141. The molecule has 0 fully saturated rings. The van der Waals surface area contributed by atoms with Gasteiger partial charge in [-0.3, -0.25) is 4.79 Å². The van der Waals surface area contributed by atoms with Crippen LogP contribution in [0.2, 0.25) is 0 Å². The van der Waals surface area contributed by atoms with Gasteiger partial charge < -0.3 is 10.1 Å². The van der Waals surface area contributed by atoms with Crippen molar-refractivity contribution in [3.05, 3.63) is 58.7 Å². The highest BCUT2D eigenvalue weighted by atomic mass is 32.2. The number of hydrogen-bond donors (Lipinski definition) is 2. The monoisotopic (exact) mass is 376 g/mol. The summed E-state index contributed by atoms with van der Waals surface area (Å²) in [7, 11) is -2.26. The summed E-state index contributed by atoms with van der Waals surface area (Å²) in [5, 5.41) is 2.72. The molecule has 0 radical (unpaired) electrons. The Morgan fingerprint density at radius 3 is 2.38 bits per heavy atom. The number of ether oxygens (including phenoxy) is 1. The molecule has 0 saturated carbocycles. The lowest BCUT2D eigenvalue weighted by atomic mass is 10.1. The summed E-state index contributed by atoms with van der Waals surface area (Å²) in [6.07, 6.45) is 0. The van der Waals surface area contributed by atoms with Crippen molar-refractivity contribution >= 4 is 15.9 Å². The van der Waals surface area contributed by atoms with Crippen LogP contribution in [-0.2, 0) is 21.4 Å². The van der Waals surface area contributed by atoms with E-state index in [0.29, 0.717) is 23.4 Å². The van der Waals surface area contributed by atoms with Crippen LogP contribution in [0.1, 0.15) is 22.3 Å². The van der Waals surface area contributed by atoms with Gasteiger partial charge in [-0.2, -0.15) is 0 Å². The third kappa shape index (κ3) is 4.83. The van der Waals surface area contributed by atoms with Crippen molar-refractivity contribution in [1.29, 1.82) is 0 Å². The average Bonchev–Trinajstić information content (AvgIpc) is 2.60. The topological polar surface area (TPSA) is 84.5 Å². The Bertz CT molecular complexity index is 908. The van der Waals surface area contributed by atoms with E-state index in [1.165, 1.54) is 7.11 Å². The van der Waals surface area contributed by atoms with Gasteiger partial charge in [-0.1, -0.05) is 24.3 Å². The van der Waals surface area contributed by atoms with Crippen molar-refractivity contribution in [1.82, 2.24) is 10.0 Å². The summed E-state index contributed by atoms with van der Waals surface area (Å²) >= 11 is 0. The number of hydrogen-bond acceptors (Lipinski definition) is 4. The van der Waals surface area contributed by atoms with E-state index in [9.17, 15) is 13.2 Å². The highest BCUT2D eigenvalue weighted by molar-refractivity contribution is 7.89. The molecule has 0 aliphatic rings. The molecule has 0 unspecified atom stereocenters. The van der Waals surface area contributed by atoms with E-state index in [2.05, 4.69) is 10.0 Å². The third-order valence-electron chi connectivity index (χ3n) is 4.14. The van der Waals surface area contributed by atoms with Crippen LogP contribution in [0.5, 0.6) is 5.75 Å². The largest absolute Gasteiger partial charge is 0.496 e. The van der Waals surface area contributed by atoms with Gasteiger partial charge in [0.1, 0.15) is 5.75 Å². The molecule has 1 amide bonds. The van der Waals surface area contributed by atoms with Crippen molar-refractivity contribution in [2.75, 3.05) is 13.7 Å². The van der Waals surface area contributed by atoms with Crippen LogP contribution >= 0.6 is 0 Å². The van der Waals surface area contributed by atoms with Crippen LogP contribution in [0.4, 0.5) is 0 Å². The van der Waals surface area contributed by atoms with Crippen molar-refractivity contribution in [3.8, 4) is 5.75 Å². The molecule has 0 aliphatic heterocycles. The molecular formula is C19H24N2O4S. The zero-order chi connectivity index (χ0) is 19.3. The Labute approximate surface area is 154 Å². The van der Waals surface area contributed by atoms with Crippen LogP contribution in [0.25, 0.3) is 0 Å². The average molecular weight is 376 g/mol. The number of rotatable bonds is 7. The first kappa shape index (κ1) is 19.9. The van der Waals surface area contributed by atoms with Gasteiger partial charge in [-0.25, -0.2) is 13.1 Å². The van der Waals surface area contributed by atoms with E-state index >= 15 is 0 Å². The minimum Gasteiger partial charge on any atom is -0.496 e. The van der Waals surface area contributed by atoms with Gasteiger partial charge in [0, 0.05) is 6.54 Å². The van der Waals surface area contributed by atoms with Crippen LogP contribution in [0.3, 0.4) is 0 Å².